The molecule has 0 radical (unpaired) electrons. The Balaban J connectivity index is 2.06. The van der Waals surface area contributed by atoms with E-state index in [2.05, 4.69) is 10.3 Å². The van der Waals surface area contributed by atoms with Gasteiger partial charge in [-0.05, 0) is 31.2 Å². The van der Waals surface area contributed by atoms with Gasteiger partial charge in [-0.3, -0.25) is 0 Å². The summed E-state index contributed by atoms with van der Waals surface area (Å²) in [6.45, 7) is 2.03. The highest BCUT2D eigenvalue weighted by Gasteiger charge is 2.07. The van der Waals surface area contributed by atoms with E-state index in [4.69, 9.17) is 0 Å². The Kier molecular flexibility index (Phi) is 2.97. The molecule has 1 aromatic carbocycles. The van der Waals surface area contributed by atoms with E-state index in [-0.39, 0.29) is 11.9 Å². The van der Waals surface area contributed by atoms with Crippen LogP contribution >= 0.6 is 11.3 Å². The van der Waals surface area contributed by atoms with E-state index in [1.165, 1.54) is 12.1 Å². The van der Waals surface area contributed by atoms with Crippen LogP contribution in [-0.2, 0) is 0 Å². The van der Waals surface area contributed by atoms with Crippen molar-refractivity contribution in [1.82, 2.24) is 4.98 Å². The van der Waals surface area contributed by atoms with Gasteiger partial charge >= 0.3 is 0 Å². The van der Waals surface area contributed by atoms with Crippen molar-refractivity contribution >= 4 is 17.0 Å². The van der Waals surface area contributed by atoms with E-state index >= 15 is 0 Å². The summed E-state index contributed by atoms with van der Waals surface area (Å²) in [4.78, 5) is 4.21. The number of nitrogens with one attached hydrogen (secondary N) is 1. The Bertz CT molecular complexity index is 411. The summed E-state index contributed by atoms with van der Waals surface area (Å²) in [5.74, 6) is -0.220. The Hall–Kier alpha value is -1.42. The molecule has 0 aliphatic heterocycles. The van der Waals surface area contributed by atoms with Gasteiger partial charge in [-0.1, -0.05) is 0 Å². The molecule has 0 spiro atoms. The number of anilines is 1. The maximum absolute atomic E-state index is 12.7. The lowest BCUT2D eigenvalue weighted by Crippen LogP contribution is -2.05. The molecule has 1 atom stereocenters. The van der Waals surface area contributed by atoms with Gasteiger partial charge in [0, 0.05) is 17.3 Å². The summed E-state index contributed by atoms with van der Waals surface area (Å²) in [5.41, 5.74) is 0.902. The van der Waals surface area contributed by atoms with Crippen LogP contribution in [0.4, 0.5) is 10.1 Å². The molecule has 1 N–H and O–H groups in total. The molecule has 0 unspecified atom stereocenters. The van der Waals surface area contributed by atoms with Gasteiger partial charge < -0.3 is 5.32 Å². The fraction of sp³-hybridized carbons (Fsp3) is 0.182. The molecule has 1 heterocycles. The second kappa shape index (κ2) is 4.40. The fourth-order valence-corrected chi connectivity index (χ4v) is 1.95. The van der Waals surface area contributed by atoms with Crippen molar-refractivity contribution in [2.45, 2.75) is 13.0 Å². The van der Waals surface area contributed by atoms with Gasteiger partial charge in [0.05, 0.1) is 6.04 Å². The molecular formula is C11H11FN2S. The number of hydrogen-bond donors (Lipinski definition) is 1. The number of rotatable bonds is 3. The molecule has 4 heteroatoms. The van der Waals surface area contributed by atoms with Gasteiger partial charge in [0.1, 0.15) is 10.8 Å². The van der Waals surface area contributed by atoms with E-state index < -0.39 is 0 Å². The molecule has 0 bridgehead atoms. The van der Waals surface area contributed by atoms with E-state index in [1.54, 1.807) is 29.7 Å². The number of benzene rings is 1. The standard InChI is InChI=1S/C11H11FN2S/c1-8(11-13-6-7-15-11)14-10-4-2-9(12)3-5-10/h2-8,14H,1H3/t8-/m0/s1. The van der Waals surface area contributed by atoms with Gasteiger partial charge in [-0.15, -0.1) is 11.3 Å². The van der Waals surface area contributed by atoms with Crippen molar-refractivity contribution in [3.05, 3.63) is 46.7 Å². The van der Waals surface area contributed by atoms with Crippen LogP contribution in [0, 0.1) is 5.82 Å². The van der Waals surface area contributed by atoms with Crippen molar-refractivity contribution in [1.29, 1.82) is 0 Å². The molecule has 0 aliphatic rings. The predicted molar refractivity (Wildman–Crippen MR) is 60.6 cm³/mol. The highest BCUT2D eigenvalue weighted by Crippen LogP contribution is 2.20. The van der Waals surface area contributed by atoms with Crippen molar-refractivity contribution < 1.29 is 4.39 Å². The van der Waals surface area contributed by atoms with Gasteiger partial charge in [0.15, 0.2) is 0 Å². The number of halogens is 1. The fourth-order valence-electron chi connectivity index (χ4n) is 1.31. The normalized spacial score (nSPS) is 12.4. The summed E-state index contributed by atoms with van der Waals surface area (Å²) < 4.78 is 12.7. The van der Waals surface area contributed by atoms with E-state index in [0.717, 1.165) is 10.7 Å². The minimum absolute atomic E-state index is 0.149. The highest BCUT2D eigenvalue weighted by atomic mass is 32.1. The van der Waals surface area contributed by atoms with Crippen LogP contribution in [0.15, 0.2) is 35.8 Å². The van der Waals surface area contributed by atoms with Crippen LogP contribution in [-0.4, -0.2) is 4.98 Å². The van der Waals surface area contributed by atoms with Crippen LogP contribution in [0.1, 0.15) is 18.0 Å². The number of nitrogens with zero attached hydrogens (tertiary/aromatic N) is 1. The minimum Gasteiger partial charge on any atom is -0.376 e. The Labute approximate surface area is 91.8 Å². The van der Waals surface area contributed by atoms with E-state index in [0.29, 0.717) is 0 Å². The van der Waals surface area contributed by atoms with Gasteiger partial charge in [-0.2, -0.15) is 0 Å². The first-order valence-corrected chi connectivity index (χ1v) is 5.55. The van der Waals surface area contributed by atoms with Crippen LogP contribution < -0.4 is 5.32 Å². The molecule has 2 nitrogen and oxygen atoms in total. The molecule has 1 aromatic heterocycles. The lowest BCUT2D eigenvalue weighted by molar-refractivity contribution is 0.628. The molecule has 0 amide bonds. The second-order valence-corrected chi connectivity index (χ2v) is 4.17. The average molecular weight is 222 g/mol. The first-order chi connectivity index (χ1) is 7.25. The van der Waals surface area contributed by atoms with Crippen LogP contribution in [0.5, 0.6) is 0 Å². The van der Waals surface area contributed by atoms with E-state index in [1.807, 2.05) is 12.3 Å². The molecule has 0 aliphatic carbocycles. The monoisotopic (exact) mass is 222 g/mol. The summed E-state index contributed by atoms with van der Waals surface area (Å²) in [5, 5.41) is 6.22. The minimum atomic E-state index is -0.220. The Morgan fingerprint density at radius 2 is 2.07 bits per heavy atom. The zero-order valence-electron chi connectivity index (χ0n) is 8.27. The van der Waals surface area contributed by atoms with E-state index in [9.17, 15) is 4.39 Å². The van der Waals surface area contributed by atoms with Crippen LogP contribution in [0.2, 0.25) is 0 Å². The molecule has 78 valence electrons. The van der Waals surface area contributed by atoms with Crippen LogP contribution in [0.3, 0.4) is 0 Å². The van der Waals surface area contributed by atoms with Gasteiger partial charge in [0.2, 0.25) is 0 Å². The molecule has 15 heavy (non-hydrogen) atoms. The Morgan fingerprint density at radius 3 is 2.67 bits per heavy atom. The van der Waals surface area contributed by atoms with Crippen molar-refractivity contribution in [3.63, 3.8) is 0 Å². The second-order valence-electron chi connectivity index (χ2n) is 3.24. The van der Waals surface area contributed by atoms with Gasteiger partial charge in [-0.25, -0.2) is 9.37 Å². The maximum Gasteiger partial charge on any atom is 0.123 e. The third-order valence-electron chi connectivity index (χ3n) is 2.05. The predicted octanol–water partition coefficient (Wildman–Crippen LogP) is 3.46. The van der Waals surface area contributed by atoms with Crippen molar-refractivity contribution in [2.24, 2.45) is 0 Å². The summed E-state index contributed by atoms with van der Waals surface area (Å²) in [6, 6.07) is 6.47. The molecule has 2 aromatic rings. The summed E-state index contributed by atoms with van der Waals surface area (Å²) in [6.07, 6.45) is 1.78. The lowest BCUT2D eigenvalue weighted by atomic mass is 10.2. The lowest BCUT2D eigenvalue weighted by Gasteiger charge is -2.12. The first-order valence-electron chi connectivity index (χ1n) is 4.67. The smallest absolute Gasteiger partial charge is 0.123 e. The van der Waals surface area contributed by atoms with Crippen LogP contribution in [0.25, 0.3) is 0 Å². The molecule has 2 rings (SSSR count). The number of aromatic nitrogens is 1. The summed E-state index contributed by atoms with van der Waals surface area (Å²) >= 11 is 1.61. The molecular weight excluding hydrogens is 211 g/mol. The molecule has 0 fully saturated rings. The van der Waals surface area contributed by atoms with Crippen molar-refractivity contribution in [3.8, 4) is 0 Å². The zero-order chi connectivity index (χ0) is 10.7. The SMILES string of the molecule is C[C@H](Nc1ccc(F)cc1)c1nccs1. The average Bonchev–Trinajstić information content (AvgIpc) is 2.74. The molecule has 0 saturated heterocycles. The number of thiazole rings is 1. The summed E-state index contributed by atoms with van der Waals surface area (Å²) in [7, 11) is 0. The molecule has 0 saturated carbocycles. The third-order valence-corrected chi connectivity index (χ3v) is 3.01. The topological polar surface area (TPSA) is 24.9 Å². The number of hydrogen-bond acceptors (Lipinski definition) is 3. The third kappa shape index (κ3) is 2.53. The van der Waals surface area contributed by atoms with Gasteiger partial charge in [0.25, 0.3) is 0 Å². The largest absolute Gasteiger partial charge is 0.376 e. The quantitative estimate of drug-likeness (QED) is 0.860. The zero-order valence-corrected chi connectivity index (χ0v) is 9.09. The highest BCUT2D eigenvalue weighted by molar-refractivity contribution is 7.09. The maximum atomic E-state index is 12.7. The van der Waals surface area contributed by atoms with Crippen molar-refractivity contribution in [2.75, 3.05) is 5.32 Å². The first kappa shape index (κ1) is 10.1. The Morgan fingerprint density at radius 1 is 1.33 bits per heavy atom.